The second kappa shape index (κ2) is 5.68. The summed E-state index contributed by atoms with van der Waals surface area (Å²) in [5.74, 6) is 1.74. The van der Waals surface area contributed by atoms with Crippen molar-refractivity contribution >= 4 is 0 Å². The molecule has 0 aromatic carbocycles. The maximum atomic E-state index is 5.65. The van der Waals surface area contributed by atoms with Crippen LogP contribution in [0.2, 0.25) is 0 Å². The second-order valence-electron chi connectivity index (χ2n) is 6.04. The summed E-state index contributed by atoms with van der Waals surface area (Å²) in [4.78, 5) is 0. The van der Waals surface area contributed by atoms with E-state index in [-0.39, 0.29) is 5.60 Å². The minimum atomic E-state index is -0.0632. The van der Waals surface area contributed by atoms with Gasteiger partial charge in [0, 0.05) is 32.7 Å². The van der Waals surface area contributed by atoms with Crippen LogP contribution in [-0.2, 0) is 9.47 Å². The number of hydrogen-bond acceptors (Lipinski definition) is 3. The third-order valence-electron chi connectivity index (χ3n) is 4.81. The van der Waals surface area contributed by atoms with Gasteiger partial charge in [-0.15, -0.1) is 0 Å². The summed E-state index contributed by atoms with van der Waals surface area (Å²) in [5, 5.41) is 3.70. The first kappa shape index (κ1) is 13.3. The minimum absolute atomic E-state index is 0.0632. The third kappa shape index (κ3) is 3.21. The first-order valence-corrected chi connectivity index (χ1v) is 7.01. The lowest BCUT2D eigenvalue weighted by Gasteiger charge is -2.35. The Labute approximate surface area is 105 Å². The molecular weight excluding hydrogens is 214 g/mol. The highest BCUT2D eigenvalue weighted by Crippen LogP contribution is 2.30. The molecule has 0 radical (unpaired) electrons. The molecule has 2 rings (SSSR count). The molecule has 100 valence electrons. The van der Waals surface area contributed by atoms with Crippen molar-refractivity contribution in [2.45, 2.75) is 51.2 Å². The quantitative estimate of drug-likeness (QED) is 0.818. The molecule has 0 bridgehead atoms. The summed E-state index contributed by atoms with van der Waals surface area (Å²) in [7, 11) is 1.81. The van der Waals surface area contributed by atoms with Crippen LogP contribution in [0.1, 0.15) is 39.5 Å². The summed E-state index contributed by atoms with van der Waals surface area (Å²) in [6.07, 6.45) is 5.00. The number of hydrogen-bond donors (Lipinski definition) is 1. The third-order valence-corrected chi connectivity index (χ3v) is 4.81. The van der Waals surface area contributed by atoms with Crippen LogP contribution in [0.3, 0.4) is 0 Å². The number of methoxy groups -OCH3 is 1. The summed E-state index contributed by atoms with van der Waals surface area (Å²) in [5.41, 5.74) is -0.0632. The molecule has 4 unspecified atom stereocenters. The average Bonchev–Trinajstić information content (AvgIpc) is 2.80. The highest BCUT2D eigenvalue weighted by molar-refractivity contribution is 4.89. The molecule has 2 fully saturated rings. The standard InChI is InChI=1S/C14H27NO2/c1-11-4-5-13(8-12(11)2)15-9-14(16-3)6-7-17-10-14/h11-13,15H,4-10H2,1-3H3. The molecule has 1 saturated carbocycles. The Morgan fingerprint density at radius 1 is 1.29 bits per heavy atom. The normalized spacial score (nSPS) is 42.9. The Balaban J connectivity index is 1.78. The van der Waals surface area contributed by atoms with Crippen LogP contribution in [-0.4, -0.2) is 38.5 Å². The van der Waals surface area contributed by atoms with E-state index in [1.165, 1.54) is 19.3 Å². The lowest BCUT2D eigenvalue weighted by Crippen LogP contribution is -2.48. The van der Waals surface area contributed by atoms with Gasteiger partial charge < -0.3 is 14.8 Å². The Kier molecular flexibility index (Phi) is 4.45. The van der Waals surface area contributed by atoms with Crippen LogP contribution in [0.15, 0.2) is 0 Å². The van der Waals surface area contributed by atoms with Crippen LogP contribution >= 0.6 is 0 Å². The summed E-state index contributed by atoms with van der Waals surface area (Å²) in [6.45, 7) is 7.28. The maximum absolute atomic E-state index is 5.65. The molecule has 3 heteroatoms. The Hall–Kier alpha value is -0.120. The van der Waals surface area contributed by atoms with Crippen molar-refractivity contribution in [3.05, 3.63) is 0 Å². The largest absolute Gasteiger partial charge is 0.378 e. The number of ether oxygens (including phenoxy) is 2. The van der Waals surface area contributed by atoms with Crippen LogP contribution in [0.5, 0.6) is 0 Å². The topological polar surface area (TPSA) is 30.5 Å². The average molecular weight is 241 g/mol. The van der Waals surface area contributed by atoms with Crippen molar-refractivity contribution in [3.63, 3.8) is 0 Å². The van der Waals surface area contributed by atoms with Crippen molar-refractivity contribution < 1.29 is 9.47 Å². The van der Waals surface area contributed by atoms with Crippen LogP contribution in [0.25, 0.3) is 0 Å². The van der Waals surface area contributed by atoms with E-state index in [0.717, 1.165) is 38.0 Å². The van der Waals surface area contributed by atoms with Gasteiger partial charge in [-0.3, -0.25) is 0 Å². The fraction of sp³-hybridized carbons (Fsp3) is 1.00. The van der Waals surface area contributed by atoms with Gasteiger partial charge in [0.2, 0.25) is 0 Å². The van der Waals surface area contributed by atoms with E-state index in [1.807, 2.05) is 7.11 Å². The monoisotopic (exact) mass is 241 g/mol. The molecule has 1 saturated heterocycles. The number of nitrogens with one attached hydrogen (secondary N) is 1. The Morgan fingerprint density at radius 3 is 2.71 bits per heavy atom. The van der Waals surface area contributed by atoms with Crippen molar-refractivity contribution in [1.29, 1.82) is 0 Å². The van der Waals surface area contributed by atoms with E-state index in [9.17, 15) is 0 Å². The Bertz CT molecular complexity index is 238. The van der Waals surface area contributed by atoms with Crippen LogP contribution in [0, 0.1) is 11.8 Å². The highest BCUT2D eigenvalue weighted by atomic mass is 16.5. The molecule has 3 nitrogen and oxygen atoms in total. The molecule has 1 N–H and O–H groups in total. The zero-order chi connectivity index (χ0) is 12.3. The highest BCUT2D eigenvalue weighted by Gasteiger charge is 2.35. The van der Waals surface area contributed by atoms with Crippen LogP contribution < -0.4 is 5.32 Å². The van der Waals surface area contributed by atoms with Gasteiger partial charge in [-0.25, -0.2) is 0 Å². The molecule has 0 spiro atoms. The molecule has 0 amide bonds. The van der Waals surface area contributed by atoms with Crippen LogP contribution in [0.4, 0.5) is 0 Å². The molecule has 1 heterocycles. The summed E-state index contributed by atoms with van der Waals surface area (Å²) < 4.78 is 11.1. The Morgan fingerprint density at radius 2 is 2.12 bits per heavy atom. The van der Waals surface area contributed by atoms with Crippen molar-refractivity contribution in [1.82, 2.24) is 5.32 Å². The van der Waals surface area contributed by atoms with E-state index in [2.05, 4.69) is 19.2 Å². The molecule has 0 aromatic rings. The van der Waals surface area contributed by atoms with Gasteiger partial charge in [-0.1, -0.05) is 13.8 Å². The van der Waals surface area contributed by atoms with E-state index in [0.29, 0.717) is 6.04 Å². The molecule has 1 aliphatic carbocycles. The van der Waals surface area contributed by atoms with Gasteiger partial charge in [-0.05, 0) is 31.1 Å². The zero-order valence-corrected chi connectivity index (χ0v) is 11.5. The molecule has 2 aliphatic rings. The van der Waals surface area contributed by atoms with Crippen molar-refractivity contribution in [2.75, 3.05) is 26.9 Å². The molecule has 0 aromatic heterocycles. The second-order valence-corrected chi connectivity index (χ2v) is 6.04. The van der Waals surface area contributed by atoms with Crippen molar-refractivity contribution in [2.24, 2.45) is 11.8 Å². The van der Waals surface area contributed by atoms with Gasteiger partial charge in [0.25, 0.3) is 0 Å². The van der Waals surface area contributed by atoms with Gasteiger partial charge >= 0.3 is 0 Å². The minimum Gasteiger partial charge on any atom is -0.378 e. The van der Waals surface area contributed by atoms with E-state index >= 15 is 0 Å². The molecule has 17 heavy (non-hydrogen) atoms. The fourth-order valence-corrected chi connectivity index (χ4v) is 3.02. The molecule has 4 atom stereocenters. The van der Waals surface area contributed by atoms with E-state index in [1.54, 1.807) is 0 Å². The fourth-order valence-electron chi connectivity index (χ4n) is 3.02. The predicted molar refractivity (Wildman–Crippen MR) is 69.1 cm³/mol. The smallest absolute Gasteiger partial charge is 0.106 e. The first-order valence-electron chi connectivity index (χ1n) is 7.01. The van der Waals surface area contributed by atoms with Gasteiger partial charge in [0.15, 0.2) is 0 Å². The lowest BCUT2D eigenvalue weighted by molar-refractivity contribution is -0.0190. The van der Waals surface area contributed by atoms with E-state index < -0.39 is 0 Å². The summed E-state index contributed by atoms with van der Waals surface area (Å²) in [6, 6.07) is 0.675. The number of rotatable bonds is 4. The van der Waals surface area contributed by atoms with E-state index in [4.69, 9.17) is 9.47 Å². The first-order chi connectivity index (χ1) is 8.15. The maximum Gasteiger partial charge on any atom is 0.106 e. The van der Waals surface area contributed by atoms with Gasteiger partial charge in [-0.2, -0.15) is 0 Å². The van der Waals surface area contributed by atoms with Crippen molar-refractivity contribution in [3.8, 4) is 0 Å². The SMILES string of the molecule is COC1(CNC2CCC(C)C(C)C2)CCOC1. The van der Waals surface area contributed by atoms with Gasteiger partial charge in [0.05, 0.1) is 6.61 Å². The van der Waals surface area contributed by atoms with Gasteiger partial charge in [0.1, 0.15) is 5.60 Å². The zero-order valence-electron chi connectivity index (χ0n) is 11.5. The lowest BCUT2D eigenvalue weighted by atomic mass is 9.79. The molecular formula is C14H27NO2. The summed E-state index contributed by atoms with van der Waals surface area (Å²) >= 11 is 0. The predicted octanol–water partition coefficient (Wildman–Crippen LogP) is 2.21. The molecule has 1 aliphatic heterocycles.